The van der Waals surface area contributed by atoms with Crippen LogP contribution in [-0.4, -0.2) is 5.91 Å². The van der Waals surface area contributed by atoms with Crippen molar-refractivity contribution in [1.82, 2.24) is 5.32 Å². The van der Waals surface area contributed by atoms with Crippen molar-refractivity contribution >= 4 is 5.91 Å². The fourth-order valence-electron chi connectivity index (χ4n) is 2.00. The van der Waals surface area contributed by atoms with Gasteiger partial charge in [0.25, 0.3) is 0 Å². The van der Waals surface area contributed by atoms with E-state index in [4.69, 9.17) is 5.26 Å². The third kappa shape index (κ3) is 4.38. The number of nitrogens with zero attached hydrogens (tertiary/aromatic N) is 1. The van der Waals surface area contributed by atoms with E-state index in [9.17, 15) is 4.79 Å². The molecule has 1 atom stereocenters. The summed E-state index contributed by atoms with van der Waals surface area (Å²) >= 11 is 0. The van der Waals surface area contributed by atoms with Gasteiger partial charge in [-0.2, -0.15) is 5.26 Å². The second kappa shape index (κ2) is 6.56. The van der Waals surface area contributed by atoms with Crippen molar-refractivity contribution in [3.05, 3.63) is 35.4 Å². The SMILES string of the molecule is CC(C)c1cccc(CNC(=O)C(C#N)C(C)(C)C)c1. The van der Waals surface area contributed by atoms with Gasteiger partial charge in [0.1, 0.15) is 5.92 Å². The fraction of sp³-hybridized carbons (Fsp3) is 0.529. The van der Waals surface area contributed by atoms with Crippen LogP contribution in [0, 0.1) is 22.7 Å². The highest BCUT2D eigenvalue weighted by atomic mass is 16.1. The van der Waals surface area contributed by atoms with Gasteiger partial charge in [-0.15, -0.1) is 0 Å². The van der Waals surface area contributed by atoms with Crippen LogP contribution in [0.25, 0.3) is 0 Å². The van der Waals surface area contributed by atoms with Crippen LogP contribution in [0.5, 0.6) is 0 Å². The van der Waals surface area contributed by atoms with E-state index in [-0.39, 0.29) is 11.3 Å². The van der Waals surface area contributed by atoms with E-state index in [1.807, 2.05) is 32.9 Å². The summed E-state index contributed by atoms with van der Waals surface area (Å²) in [6.45, 7) is 10.5. The van der Waals surface area contributed by atoms with Crippen molar-refractivity contribution in [2.24, 2.45) is 11.3 Å². The van der Waals surface area contributed by atoms with Crippen LogP contribution in [0.3, 0.4) is 0 Å². The molecule has 0 aromatic heterocycles. The Labute approximate surface area is 122 Å². The number of carbonyl (C=O) groups excluding carboxylic acids is 1. The van der Waals surface area contributed by atoms with Gasteiger partial charge in [0.15, 0.2) is 0 Å². The number of benzene rings is 1. The summed E-state index contributed by atoms with van der Waals surface area (Å²) < 4.78 is 0. The molecule has 1 N–H and O–H groups in total. The summed E-state index contributed by atoms with van der Waals surface area (Å²) in [5.74, 6) is -0.363. The second-order valence-electron chi connectivity index (χ2n) is 6.55. The summed E-state index contributed by atoms with van der Waals surface area (Å²) in [4.78, 5) is 12.1. The lowest BCUT2D eigenvalue weighted by atomic mass is 9.81. The summed E-state index contributed by atoms with van der Waals surface area (Å²) in [5.41, 5.74) is 1.97. The summed E-state index contributed by atoms with van der Waals surface area (Å²) in [6, 6.07) is 10.3. The Kier molecular flexibility index (Phi) is 5.33. The van der Waals surface area contributed by atoms with Gasteiger partial charge in [-0.05, 0) is 22.5 Å². The Hall–Kier alpha value is -1.82. The number of amides is 1. The average molecular weight is 272 g/mol. The van der Waals surface area contributed by atoms with Gasteiger partial charge < -0.3 is 5.32 Å². The molecule has 0 aliphatic rings. The molecule has 0 bridgehead atoms. The standard InChI is InChI=1S/C17H24N2O/c1-12(2)14-8-6-7-13(9-14)11-19-16(20)15(10-18)17(3,4)5/h6-9,12,15H,11H2,1-5H3,(H,19,20). The molecule has 1 unspecified atom stereocenters. The van der Waals surface area contributed by atoms with Crippen LogP contribution in [0.4, 0.5) is 0 Å². The van der Waals surface area contributed by atoms with Crippen LogP contribution >= 0.6 is 0 Å². The summed E-state index contributed by atoms with van der Waals surface area (Å²) in [6.07, 6.45) is 0. The van der Waals surface area contributed by atoms with Crippen LogP contribution in [-0.2, 0) is 11.3 Å². The second-order valence-corrected chi connectivity index (χ2v) is 6.55. The first kappa shape index (κ1) is 16.2. The molecule has 0 spiro atoms. The molecule has 3 heteroatoms. The third-order valence-electron chi connectivity index (χ3n) is 3.34. The third-order valence-corrected chi connectivity index (χ3v) is 3.34. The molecule has 108 valence electrons. The van der Waals surface area contributed by atoms with Gasteiger partial charge in [-0.3, -0.25) is 4.79 Å². The number of nitrogens with one attached hydrogen (secondary N) is 1. The van der Waals surface area contributed by atoms with Gasteiger partial charge in [0, 0.05) is 6.54 Å². The molecule has 0 aliphatic heterocycles. The quantitative estimate of drug-likeness (QED) is 0.910. The molecule has 0 fully saturated rings. The molecule has 1 rings (SSSR count). The van der Waals surface area contributed by atoms with E-state index in [2.05, 4.69) is 37.4 Å². The maximum atomic E-state index is 12.1. The summed E-state index contributed by atoms with van der Waals surface area (Å²) in [7, 11) is 0. The van der Waals surface area contributed by atoms with Crippen molar-refractivity contribution in [3.8, 4) is 6.07 Å². The zero-order valence-corrected chi connectivity index (χ0v) is 13.0. The zero-order valence-electron chi connectivity index (χ0n) is 13.0. The molecule has 1 aromatic rings. The molecule has 1 amide bonds. The fourth-order valence-corrected chi connectivity index (χ4v) is 2.00. The normalized spacial score (nSPS) is 12.8. The smallest absolute Gasteiger partial charge is 0.238 e. The van der Waals surface area contributed by atoms with Crippen molar-refractivity contribution in [3.63, 3.8) is 0 Å². The first-order chi connectivity index (χ1) is 9.25. The molecule has 0 radical (unpaired) electrons. The zero-order chi connectivity index (χ0) is 15.3. The Bertz CT molecular complexity index is 506. The van der Waals surface area contributed by atoms with Crippen LogP contribution in [0.2, 0.25) is 0 Å². The molecule has 20 heavy (non-hydrogen) atoms. The van der Waals surface area contributed by atoms with Gasteiger partial charge in [-0.1, -0.05) is 58.9 Å². The first-order valence-electron chi connectivity index (χ1n) is 7.02. The van der Waals surface area contributed by atoms with Crippen molar-refractivity contribution in [1.29, 1.82) is 5.26 Å². The maximum Gasteiger partial charge on any atom is 0.238 e. The Morgan fingerprint density at radius 1 is 1.35 bits per heavy atom. The number of carbonyl (C=O) groups is 1. The highest BCUT2D eigenvalue weighted by Gasteiger charge is 2.30. The highest BCUT2D eigenvalue weighted by Crippen LogP contribution is 2.25. The Morgan fingerprint density at radius 3 is 2.50 bits per heavy atom. The topological polar surface area (TPSA) is 52.9 Å². The van der Waals surface area contributed by atoms with Crippen molar-refractivity contribution < 1.29 is 4.79 Å². The number of rotatable bonds is 4. The Balaban J connectivity index is 2.70. The largest absolute Gasteiger partial charge is 0.351 e. The highest BCUT2D eigenvalue weighted by molar-refractivity contribution is 5.81. The van der Waals surface area contributed by atoms with E-state index < -0.39 is 5.92 Å². The van der Waals surface area contributed by atoms with Gasteiger partial charge in [0.05, 0.1) is 6.07 Å². The van der Waals surface area contributed by atoms with Crippen molar-refractivity contribution in [2.45, 2.75) is 47.1 Å². The molecule has 0 saturated heterocycles. The van der Waals surface area contributed by atoms with Crippen LogP contribution in [0.15, 0.2) is 24.3 Å². The minimum atomic E-state index is -0.629. The maximum absolute atomic E-state index is 12.1. The van der Waals surface area contributed by atoms with E-state index >= 15 is 0 Å². The molecular weight excluding hydrogens is 248 g/mol. The minimum absolute atomic E-state index is 0.199. The predicted molar refractivity (Wildman–Crippen MR) is 80.9 cm³/mol. The van der Waals surface area contributed by atoms with Crippen LogP contribution in [0.1, 0.15) is 51.7 Å². The monoisotopic (exact) mass is 272 g/mol. The lowest BCUT2D eigenvalue weighted by molar-refractivity contribution is -0.126. The van der Waals surface area contributed by atoms with E-state index in [0.717, 1.165) is 5.56 Å². The van der Waals surface area contributed by atoms with E-state index in [1.54, 1.807) is 0 Å². The van der Waals surface area contributed by atoms with Gasteiger partial charge >= 0.3 is 0 Å². The lowest BCUT2D eigenvalue weighted by Crippen LogP contribution is -2.36. The van der Waals surface area contributed by atoms with E-state index in [0.29, 0.717) is 12.5 Å². The summed E-state index contributed by atoms with van der Waals surface area (Å²) in [5, 5.41) is 12.0. The number of hydrogen-bond donors (Lipinski definition) is 1. The van der Waals surface area contributed by atoms with Gasteiger partial charge in [0.2, 0.25) is 5.91 Å². The first-order valence-corrected chi connectivity index (χ1v) is 7.02. The van der Waals surface area contributed by atoms with E-state index in [1.165, 1.54) is 5.56 Å². The minimum Gasteiger partial charge on any atom is -0.351 e. The van der Waals surface area contributed by atoms with Crippen molar-refractivity contribution in [2.75, 3.05) is 0 Å². The molecule has 0 saturated carbocycles. The van der Waals surface area contributed by atoms with Crippen LogP contribution < -0.4 is 5.32 Å². The molecule has 0 heterocycles. The Morgan fingerprint density at radius 2 is 2.00 bits per heavy atom. The molecule has 1 aromatic carbocycles. The van der Waals surface area contributed by atoms with Gasteiger partial charge in [-0.25, -0.2) is 0 Å². The number of hydrogen-bond acceptors (Lipinski definition) is 2. The number of nitriles is 1. The lowest BCUT2D eigenvalue weighted by Gasteiger charge is -2.23. The molecule has 0 aliphatic carbocycles. The molecule has 3 nitrogen and oxygen atoms in total. The average Bonchev–Trinajstić information content (AvgIpc) is 2.35. The molecular formula is C17H24N2O. The predicted octanol–water partition coefficient (Wildman–Crippen LogP) is 3.61.